The SMILES string of the molecule is Cc1nn(CC(=O)Nc2ccn(Cc3ccc(Br)cc3)n2)c2nc(C3CC3)cc(C(F)F)c12. The summed E-state index contributed by atoms with van der Waals surface area (Å²) in [6, 6.07) is 11.1. The molecule has 1 aromatic carbocycles. The lowest BCUT2D eigenvalue weighted by Gasteiger charge is -2.08. The molecule has 0 atom stereocenters. The fraction of sp³-hybridized carbons (Fsp3) is 0.304. The Hall–Kier alpha value is -3.14. The number of pyridine rings is 1. The maximum atomic E-state index is 13.7. The second-order valence-electron chi connectivity index (χ2n) is 8.23. The van der Waals surface area contributed by atoms with Crippen molar-refractivity contribution in [3.63, 3.8) is 0 Å². The summed E-state index contributed by atoms with van der Waals surface area (Å²) in [5.41, 5.74) is 2.40. The number of carbonyl (C=O) groups excluding carboxylic acids is 1. The maximum Gasteiger partial charge on any atom is 0.264 e. The predicted octanol–water partition coefficient (Wildman–Crippen LogP) is 5.20. The van der Waals surface area contributed by atoms with E-state index in [0.29, 0.717) is 34.8 Å². The third-order valence-corrected chi connectivity index (χ3v) is 6.15. The molecule has 3 heterocycles. The number of hydrogen-bond donors (Lipinski definition) is 1. The van der Waals surface area contributed by atoms with Crippen molar-refractivity contribution < 1.29 is 13.6 Å². The van der Waals surface area contributed by atoms with Crippen LogP contribution in [0, 0.1) is 6.92 Å². The van der Waals surface area contributed by atoms with Gasteiger partial charge in [-0.1, -0.05) is 28.1 Å². The van der Waals surface area contributed by atoms with Gasteiger partial charge in [0.1, 0.15) is 6.54 Å². The molecule has 5 rings (SSSR count). The van der Waals surface area contributed by atoms with Crippen LogP contribution in [-0.4, -0.2) is 30.5 Å². The second kappa shape index (κ2) is 8.66. The first-order valence-electron chi connectivity index (χ1n) is 10.6. The Kier molecular flexibility index (Phi) is 5.69. The molecule has 170 valence electrons. The Morgan fingerprint density at radius 3 is 2.67 bits per heavy atom. The molecule has 1 aliphatic rings. The summed E-state index contributed by atoms with van der Waals surface area (Å²) in [4.78, 5) is 17.3. The minimum Gasteiger partial charge on any atom is -0.308 e. The summed E-state index contributed by atoms with van der Waals surface area (Å²) < 4.78 is 31.6. The Morgan fingerprint density at radius 2 is 1.97 bits per heavy atom. The van der Waals surface area contributed by atoms with Gasteiger partial charge in [0.2, 0.25) is 5.91 Å². The van der Waals surface area contributed by atoms with Gasteiger partial charge in [-0.2, -0.15) is 10.2 Å². The number of aryl methyl sites for hydroxylation is 1. The van der Waals surface area contributed by atoms with Crippen LogP contribution in [0.1, 0.15) is 47.7 Å². The number of amides is 1. The number of carbonyl (C=O) groups is 1. The molecule has 1 aliphatic carbocycles. The molecule has 0 radical (unpaired) electrons. The highest BCUT2D eigenvalue weighted by Gasteiger charge is 2.29. The van der Waals surface area contributed by atoms with Crippen molar-refractivity contribution in [3.05, 3.63) is 69.6 Å². The van der Waals surface area contributed by atoms with Crippen LogP contribution in [0.4, 0.5) is 14.6 Å². The number of nitrogens with zero attached hydrogens (tertiary/aromatic N) is 5. The molecular weight excluding hydrogens is 494 g/mol. The zero-order valence-corrected chi connectivity index (χ0v) is 19.4. The van der Waals surface area contributed by atoms with E-state index in [-0.39, 0.29) is 23.9 Å². The highest BCUT2D eigenvalue weighted by Crippen LogP contribution is 2.41. The lowest BCUT2D eigenvalue weighted by atomic mass is 10.1. The van der Waals surface area contributed by atoms with E-state index in [1.54, 1.807) is 23.9 Å². The van der Waals surface area contributed by atoms with Gasteiger partial charge in [-0.15, -0.1) is 0 Å². The maximum absolute atomic E-state index is 13.7. The zero-order chi connectivity index (χ0) is 23.1. The van der Waals surface area contributed by atoms with Gasteiger partial charge in [-0.25, -0.2) is 18.4 Å². The summed E-state index contributed by atoms with van der Waals surface area (Å²) in [6.07, 6.45) is 1.03. The largest absolute Gasteiger partial charge is 0.308 e. The molecule has 1 amide bonds. The van der Waals surface area contributed by atoms with Crippen LogP contribution < -0.4 is 5.32 Å². The lowest BCUT2D eigenvalue weighted by molar-refractivity contribution is -0.116. The number of rotatable bonds is 7. The van der Waals surface area contributed by atoms with E-state index in [2.05, 4.69) is 36.4 Å². The normalized spacial score (nSPS) is 13.7. The Labute approximate surface area is 196 Å². The number of alkyl halides is 2. The highest BCUT2D eigenvalue weighted by atomic mass is 79.9. The summed E-state index contributed by atoms with van der Waals surface area (Å²) in [7, 11) is 0. The number of halogens is 3. The van der Waals surface area contributed by atoms with E-state index < -0.39 is 6.43 Å². The van der Waals surface area contributed by atoms with Crippen molar-refractivity contribution in [1.29, 1.82) is 0 Å². The Balaban J connectivity index is 1.33. The fourth-order valence-corrected chi connectivity index (χ4v) is 4.15. The summed E-state index contributed by atoms with van der Waals surface area (Å²) in [6.45, 7) is 2.08. The van der Waals surface area contributed by atoms with Crippen molar-refractivity contribution in [2.24, 2.45) is 0 Å². The van der Waals surface area contributed by atoms with Gasteiger partial charge in [0.25, 0.3) is 6.43 Å². The fourth-order valence-electron chi connectivity index (χ4n) is 3.89. The number of nitrogens with one attached hydrogen (secondary N) is 1. The molecule has 4 aromatic rings. The molecular formula is C23H21BrF2N6O. The molecule has 0 bridgehead atoms. The van der Waals surface area contributed by atoms with Gasteiger partial charge in [-0.05, 0) is 43.5 Å². The molecule has 33 heavy (non-hydrogen) atoms. The molecule has 1 N–H and O–H groups in total. The number of benzene rings is 1. The lowest BCUT2D eigenvalue weighted by Crippen LogP contribution is -2.20. The topological polar surface area (TPSA) is 77.6 Å². The third kappa shape index (κ3) is 4.66. The Bertz CT molecular complexity index is 1330. The molecule has 1 fully saturated rings. The van der Waals surface area contributed by atoms with Crippen LogP contribution in [0.5, 0.6) is 0 Å². The molecule has 1 saturated carbocycles. The van der Waals surface area contributed by atoms with Crippen molar-refractivity contribution >= 4 is 38.7 Å². The molecule has 10 heteroatoms. The Morgan fingerprint density at radius 1 is 1.21 bits per heavy atom. The molecule has 0 saturated heterocycles. The van der Waals surface area contributed by atoms with Crippen LogP contribution in [0.25, 0.3) is 11.0 Å². The number of aromatic nitrogens is 5. The van der Waals surface area contributed by atoms with E-state index in [0.717, 1.165) is 22.9 Å². The van der Waals surface area contributed by atoms with Crippen molar-refractivity contribution in [3.8, 4) is 0 Å². The number of hydrogen-bond acceptors (Lipinski definition) is 4. The number of fused-ring (bicyclic) bond motifs is 1. The molecule has 0 unspecified atom stereocenters. The van der Waals surface area contributed by atoms with Gasteiger partial charge in [-0.3, -0.25) is 9.48 Å². The van der Waals surface area contributed by atoms with Crippen LogP contribution in [0.2, 0.25) is 0 Å². The monoisotopic (exact) mass is 514 g/mol. The van der Waals surface area contributed by atoms with Gasteiger partial charge >= 0.3 is 0 Å². The minimum atomic E-state index is -2.63. The average Bonchev–Trinajstić information content (AvgIpc) is 3.47. The van der Waals surface area contributed by atoms with Gasteiger partial charge in [0.15, 0.2) is 11.5 Å². The summed E-state index contributed by atoms with van der Waals surface area (Å²) in [5.74, 6) is 0.259. The summed E-state index contributed by atoms with van der Waals surface area (Å²) in [5, 5.41) is 11.8. The van der Waals surface area contributed by atoms with E-state index in [4.69, 9.17) is 0 Å². The van der Waals surface area contributed by atoms with Crippen LogP contribution in [-0.2, 0) is 17.9 Å². The molecule has 0 aliphatic heterocycles. The average molecular weight is 515 g/mol. The van der Waals surface area contributed by atoms with E-state index >= 15 is 0 Å². The van der Waals surface area contributed by atoms with Gasteiger partial charge in [0, 0.05) is 33.9 Å². The standard InChI is InChI=1S/C23H21BrF2N6O/c1-13-21-17(22(25)26)10-18(15-4-5-15)27-23(21)32(29-13)12-20(33)28-19-8-9-31(30-19)11-14-2-6-16(24)7-3-14/h2-3,6-10,15,22H,4-5,11-12H2,1H3,(H,28,30,33). The second-order valence-corrected chi connectivity index (χ2v) is 9.14. The van der Waals surface area contributed by atoms with Gasteiger partial charge < -0.3 is 5.32 Å². The van der Waals surface area contributed by atoms with Crippen molar-refractivity contribution in [1.82, 2.24) is 24.5 Å². The summed E-state index contributed by atoms with van der Waals surface area (Å²) >= 11 is 3.41. The zero-order valence-electron chi connectivity index (χ0n) is 17.8. The first-order valence-corrected chi connectivity index (χ1v) is 11.4. The van der Waals surface area contributed by atoms with E-state index in [1.807, 2.05) is 24.3 Å². The predicted molar refractivity (Wildman–Crippen MR) is 123 cm³/mol. The van der Waals surface area contributed by atoms with Crippen LogP contribution >= 0.6 is 15.9 Å². The molecule has 7 nitrogen and oxygen atoms in total. The highest BCUT2D eigenvalue weighted by molar-refractivity contribution is 9.10. The smallest absolute Gasteiger partial charge is 0.264 e. The van der Waals surface area contributed by atoms with Crippen LogP contribution in [0.3, 0.4) is 0 Å². The number of anilines is 1. The van der Waals surface area contributed by atoms with Crippen LogP contribution in [0.15, 0.2) is 47.1 Å². The molecule has 3 aromatic heterocycles. The third-order valence-electron chi connectivity index (χ3n) is 5.62. The molecule has 0 spiro atoms. The quantitative estimate of drug-likeness (QED) is 0.367. The van der Waals surface area contributed by atoms with E-state index in [1.165, 1.54) is 10.7 Å². The van der Waals surface area contributed by atoms with Crippen molar-refractivity contribution in [2.45, 2.75) is 45.2 Å². The minimum absolute atomic E-state index is 0.0715. The van der Waals surface area contributed by atoms with Crippen molar-refractivity contribution in [2.75, 3.05) is 5.32 Å². The first-order chi connectivity index (χ1) is 15.9. The van der Waals surface area contributed by atoms with E-state index in [9.17, 15) is 13.6 Å². The van der Waals surface area contributed by atoms with Gasteiger partial charge in [0.05, 0.1) is 17.6 Å². The first kappa shape index (κ1) is 21.7.